The molecule has 0 fully saturated rings. The van der Waals surface area contributed by atoms with Gasteiger partial charge in [-0.3, -0.25) is 14.4 Å². The highest BCUT2D eigenvalue weighted by Gasteiger charge is 2.17. The molecule has 0 atom stereocenters. The maximum Gasteiger partial charge on any atom is 0.276 e. The van der Waals surface area contributed by atoms with Crippen LogP contribution in [-0.4, -0.2) is 27.5 Å². The highest BCUT2D eigenvalue weighted by Crippen LogP contribution is 2.27. The molecule has 6 rings (SSSR count). The molecule has 9 nitrogen and oxygen atoms in total. The van der Waals surface area contributed by atoms with E-state index in [4.69, 9.17) is 28.9 Å². The van der Waals surface area contributed by atoms with Crippen LogP contribution in [0.25, 0.3) is 5.69 Å². The van der Waals surface area contributed by atoms with E-state index in [0.717, 1.165) is 0 Å². The number of halogens is 3. The molecule has 12 heteroatoms. The Bertz CT molecular complexity index is 2110. The molecule has 0 saturated heterocycles. The molecule has 0 spiro atoms. The summed E-state index contributed by atoms with van der Waals surface area (Å²) in [5.74, 6) is -1.30. The quantitative estimate of drug-likeness (QED) is 0.124. The first-order valence-electron chi connectivity index (χ1n) is 14.8. The maximum absolute atomic E-state index is 13.2. The summed E-state index contributed by atoms with van der Waals surface area (Å²) in [4.78, 5) is 37.1. The third-order valence-electron chi connectivity index (χ3n) is 6.99. The number of amides is 3. The number of aromatic nitrogens is 2. The van der Waals surface area contributed by atoms with Crippen LogP contribution in [0.2, 0.25) is 10.0 Å². The van der Waals surface area contributed by atoms with Crippen molar-refractivity contribution in [3.8, 4) is 5.69 Å². The molecular weight excluding hydrogens is 666 g/mol. The van der Waals surface area contributed by atoms with E-state index in [1.54, 1.807) is 110 Å². The first-order valence-corrected chi connectivity index (χ1v) is 15.5. The second kappa shape index (κ2) is 15.7. The van der Waals surface area contributed by atoms with Gasteiger partial charge in [0, 0.05) is 34.3 Å². The molecule has 0 aliphatic heterocycles. The van der Waals surface area contributed by atoms with Gasteiger partial charge >= 0.3 is 0 Å². The minimum Gasteiger partial charge on any atom is -0.399 e. The van der Waals surface area contributed by atoms with Gasteiger partial charge in [0.1, 0.15) is 5.82 Å². The van der Waals surface area contributed by atoms with Gasteiger partial charge in [0.2, 0.25) is 0 Å². The molecule has 6 aromatic rings. The molecule has 49 heavy (non-hydrogen) atoms. The number of benzene rings is 5. The van der Waals surface area contributed by atoms with Crippen LogP contribution >= 0.6 is 23.2 Å². The van der Waals surface area contributed by atoms with Gasteiger partial charge in [0.25, 0.3) is 17.7 Å². The standard InChI is InChI=1S/C24H18ClFN4O2.C13H11ClN2O/c1-15-14-30(19-10-7-17(26)8-11-19)29-22(15)24(32)27-18-9-12-20(25)21(13-18)28-23(31)16-5-3-2-4-6-16;14-11-7-6-10(15)8-12(11)16-13(17)9-4-2-1-3-5-9/h2-14H,1H3,(H,27,32)(H,28,31);1-8H,15H2,(H,16,17). The van der Waals surface area contributed by atoms with Crippen molar-refractivity contribution >= 4 is 63.7 Å². The fourth-order valence-corrected chi connectivity index (χ4v) is 4.84. The summed E-state index contributed by atoms with van der Waals surface area (Å²) in [5.41, 5.74) is 10.1. The normalized spacial score (nSPS) is 10.4. The molecule has 5 N–H and O–H groups in total. The lowest BCUT2D eigenvalue weighted by Gasteiger charge is -2.10. The van der Waals surface area contributed by atoms with Crippen molar-refractivity contribution in [1.82, 2.24) is 9.78 Å². The molecule has 0 radical (unpaired) electrons. The van der Waals surface area contributed by atoms with E-state index in [0.29, 0.717) is 55.2 Å². The molecule has 5 aromatic carbocycles. The molecule has 0 bridgehead atoms. The van der Waals surface area contributed by atoms with Crippen molar-refractivity contribution in [3.63, 3.8) is 0 Å². The average Bonchev–Trinajstić information content (AvgIpc) is 3.50. The van der Waals surface area contributed by atoms with Gasteiger partial charge < -0.3 is 21.7 Å². The summed E-state index contributed by atoms with van der Waals surface area (Å²) >= 11 is 12.2. The van der Waals surface area contributed by atoms with Crippen molar-refractivity contribution in [3.05, 3.63) is 166 Å². The lowest BCUT2D eigenvalue weighted by atomic mass is 10.2. The number of carbonyl (C=O) groups excluding carboxylic acids is 3. The second-order valence-corrected chi connectivity index (χ2v) is 11.4. The summed E-state index contributed by atoms with van der Waals surface area (Å²) in [6.45, 7) is 1.76. The summed E-state index contributed by atoms with van der Waals surface area (Å²) in [7, 11) is 0. The molecule has 1 aromatic heterocycles. The van der Waals surface area contributed by atoms with Crippen LogP contribution in [-0.2, 0) is 0 Å². The Morgan fingerprint density at radius 1 is 0.673 bits per heavy atom. The first-order chi connectivity index (χ1) is 23.6. The number of anilines is 4. The molecule has 1 heterocycles. The predicted octanol–water partition coefficient (Wildman–Crippen LogP) is 8.65. The number of carbonyl (C=O) groups is 3. The second-order valence-electron chi connectivity index (χ2n) is 10.6. The first kappa shape index (κ1) is 34.4. The summed E-state index contributed by atoms with van der Waals surface area (Å²) in [6, 6.07) is 33.2. The van der Waals surface area contributed by atoms with Gasteiger partial charge in [-0.2, -0.15) is 5.10 Å². The van der Waals surface area contributed by atoms with E-state index in [-0.39, 0.29) is 23.3 Å². The third kappa shape index (κ3) is 9.10. The van der Waals surface area contributed by atoms with Crippen molar-refractivity contribution in [1.29, 1.82) is 0 Å². The zero-order chi connectivity index (χ0) is 34.9. The van der Waals surface area contributed by atoms with Crippen LogP contribution in [0.5, 0.6) is 0 Å². The topological polar surface area (TPSA) is 131 Å². The number of nitrogens with two attached hydrogens (primary N) is 1. The Kier molecular flexibility index (Phi) is 11.0. The SMILES string of the molecule is Cc1cn(-c2ccc(F)cc2)nc1C(=O)Nc1ccc(Cl)c(NC(=O)c2ccccc2)c1.Nc1ccc(Cl)c(NC(=O)c2ccccc2)c1. The minimum atomic E-state index is -0.425. The van der Waals surface area contributed by atoms with Gasteiger partial charge in [-0.05, 0) is 91.9 Å². The number of hydrogen-bond donors (Lipinski definition) is 4. The van der Waals surface area contributed by atoms with E-state index in [1.165, 1.54) is 16.8 Å². The van der Waals surface area contributed by atoms with Crippen LogP contribution in [0.4, 0.5) is 27.1 Å². The zero-order valence-electron chi connectivity index (χ0n) is 26.0. The van der Waals surface area contributed by atoms with E-state index >= 15 is 0 Å². The van der Waals surface area contributed by atoms with Crippen molar-refractivity contribution in [2.45, 2.75) is 6.92 Å². The summed E-state index contributed by atoms with van der Waals surface area (Å²) in [5, 5.41) is 13.4. The monoisotopic (exact) mass is 694 g/mol. The largest absolute Gasteiger partial charge is 0.399 e. The van der Waals surface area contributed by atoms with Gasteiger partial charge in [-0.1, -0.05) is 59.6 Å². The Morgan fingerprint density at radius 2 is 1.20 bits per heavy atom. The van der Waals surface area contributed by atoms with E-state index in [9.17, 15) is 18.8 Å². The number of nitrogens with one attached hydrogen (secondary N) is 3. The van der Waals surface area contributed by atoms with Crippen LogP contribution in [0.15, 0.2) is 128 Å². The van der Waals surface area contributed by atoms with Crippen LogP contribution in [0.1, 0.15) is 36.8 Å². The van der Waals surface area contributed by atoms with Crippen LogP contribution in [0, 0.1) is 12.7 Å². The Morgan fingerprint density at radius 3 is 1.78 bits per heavy atom. The molecule has 246 valence electrons. The lowest BCUT2D eigenvalue weighted by Crippen LogP contribution is -2.15. The zero-order valence-corrected chi connectivity index (χ0v) is 27.5. The highest BCUT2D eigenvalue weighted by atomic mass is 35.5. The Labute approximate surface area is 291 Å². The minimum absolute atomic E-state index is 0.210. The van der Waals surface area contributed by atoms with Crippen molar-refractivity contribution < 1.29 is 18.8 Å². The van der Waals surface area contributed by atoms with E-state index < -0.39 is 5.91 Å². The summed E-state index contributed by atoms with van der Waals surface area (Å²) in [6.07, 6.45) is 1.69. The van der Waals surface area contributed by atoms with Crippen molar-refractivity contribution in [2.75, 3.05) is 21.7 Å². The fourth-order valence-electron chi connectivity index (χ4n) is 4.51. The molecule has 0 aliphatic rings. The Balaban J connectivity index is 0.000000232. The Hall–Kier alpha value is -5.97. The average molecular weight is 696 g/mol. The van der Waals surface area contributed by atoms with Gasteiger partial charge in [0.15, 0.2) is 5.69 Å². The van der Waals surface area contributed by atoms with Gasteiger partial charge in [-0.15, -0.1) is 0 Å². The lowest BCUT2D eigenvalue weighted by molar-refractivity contribution is 0.101. The van der Waals surface area contributed by atoms with E-state index in [1.807, 2.05) is 12.1 Å². The predicted molar refractivity (Wildman–Crippen MR) is 192 cm³/mol. The molecule has 0 saturated carbocycles. The van der Waals surface area contributed by atoms with Crippen LogP contribution < -0.4 is 21.7 Å². The number of rotatable bonds is 7. The third-order valence-corrected chi connectivity index (χ3v) is 7.65. The maximum atomic E-state index is 13.2. The number of nitrogens with zero attached hydrogens (tertiary/aromatic N) is 2. The molecule has 3 amide bonds. The highest BCUT2D eigenvalue weighted by molar-refractivity contribution is 6.34. The smallest absolute Gasteiger partial charge is 0.276 e. The fraction of sp³-hybridized carbons (Fsp3) is 0.0270. The van der Waals surface area contributed by atoms with Crippen LogP contribution in [0.3, 0.4) is 0 Å². The van der Waals surface area contributed by atoms with Gasteiger partial charge in [-0.25, -0.2) is 9.07 Å². The van der Waals surface area contributed by atoms with Crippen molar-refractivity contribution in [2.24, 2.45) is 0 Å². The molecule has 0 unspecified atom stereocenters. The number of hydrogen-bond acceptors (Lipinski definition) is 5. The number of nitrogen functional groups attached to an aromatic ring is 1. The molecular formula is C37H29Cl2FN6O3. The number of aryl methyl sites for hydroxylation is 1. The van der Waals surface area contributed by atoms with E-state index in [2.05, 4.69) is 21.0 Å². The van der Waals surface area contributed by atoms with Gasteiger partial charge in [0.05, 0.1) is 27.1 Å². The molecule has 0 aliphatic carbocycles. The summed E-state index contributed by atoms with van der Waals surface area (Å²) < 4.78 is 14.7.